The first kappa shape index (κ1) is 17.0. The lowest BCUT2D eigenvalue weighted by Gasteiger charge is -2.33. The first-order valence-electron chi connectivity index (χ1n) is 8.03. The fourth-order valence-electron chi connectivity index (χ4n) is 2.79. The highest BCUT2D eigenvalue weighted by atomic mass is 16.5. The zero-order chi connectivity index (χ0) is 17.8. The van der Waals surface area contributed by atoms with Gasteiger partial charge in [0, 0.05) is 45.3 Å². The Morgan fingerprint density at radius 1 is 1.32 bits per heavy atom. The number of aromatic nitrogens is 4. The van der Waals surface area contributed by atoms with Crippen molar-refractivity contribution in [1.82, 2.24) is 29.7 Å². The number of fused-ring (bicyclic) bond motifs is 1. The van der Waals surface area contributed by atoms with Gasteiger partial charge in [-0.3, -0.25) is 14.6 Å². The molecule has 1 atom stereocenters. The van der Waals surface area contributed by atoms with Crippen molar-refractivity contribution in [1.29, 1.82) is 0 Å². The van der Waals surface area contributed by atoms with Gasteiger partial charge in [-0.05, 0) is 6.92 Å². The molecule has 2 aromatic rings. The van der Waals surface area contributed by atoms with Gasteiger partial charge in [0.25, 0.3) is 11.8 Å². The first-order chi connectivity index (χ1) is 12.1. The molecular formula is C16H20N6O3. The average Bonchev–Trinajstić information content (AvgIpc) is 3.08. The number of amides is 2. The van der Waals surface area contributed by atoms with E-state index in [-0.39, 0.29) is 17.9 Å². The Kier molecular flexibility index (Phi) is 5.03. The number of nitrogens with one attached hydrogen (secondary N) is 1. The van der Waals surface area contributed by atoms with Crippen molar-refractivity contribution in [3.8, 4) is 0 Å². The van der Waals surface area contributed by atoms with E-state index < -0.39 is 0 Å². The Balaban J connectivity index is 1.75. The Morgan fingerprint density at radius 2 is 2.16 bits per heavy atom. The fourth-order valence-corrected chi connectivity index (χ4v) is 2.79. The van der Waals surface area contributed by atoms with Gasteiger partial charge in [0.15, 0.2) is 0 Å². The van der Waals surface area contributed by atoms with Gasteiger partial charge in [-0.15, -0.1) is 0 Å². The van der Waals surface area contributed by atoms with E-state index in [9.17, 15) is 9.59 Å². The quantitative estimate of drug-likeness (QED) is 0.781. The van der Waals surface area contributed by atoms with Crippen LogP contribution in [0, 0.1) is 0 Å². The molecule has 1 N–H and O–H groups in total. The molecule has 1 aliphatic rings. The highest BCUT2D eigenvalue weighted by Crippen LogP contribution is 2.25. The van der Waals surface area contributed by atoms with E-state index >= 15 is 0 Å². The van der Waals surface area contributed by atoms with Crippen LogP contribution in [0.3, 0.4) is 0 Å². The highest BCUT2D eigenvalue weighted by Gasteiger charge is 2.31. The van der Waals surface area contributed by atoms with Crippen molar-refractivity contribution in [2.24, 2.45) is 0 Å². The standard InChI is InChI=1S/C16H20N6O3/c1-11-14-20-13(15(23)19-5-8-25-2)10-21(14)6-7-22(11)16(24)12-9-17-3-4-18-12/h3-4,9-11H,5-8H2,1-2H3,(H,19,23). The summed E-state index contributed by atoms with van der Waals surface area (Å²) < 4.78 is 6.83. The van der Waals surface area contributed by atoms with Crippen molar-refractivity contribution in [2.45, 2.75) is 19.5 Å². The van der Waals surface area contributed by atoms with Crippen LogP contribution < -0.4 is 5.32 Å². The molecule has 2 amide bonds. The molecule has 0 radical (unpaired) electrons. The molecule has 0 saturated heterocycles. The Bertz CT molecular complexity index is 760. The van der Waals surface area contributed by atoms with Crippen LogP contribution in [0.2, 0.25) is 0 Å². The lowest BCUT2D eigenvalue weighted by Crippen LogP contribution is -2.41. The van der Waals surface area contributed by atoms with E-state index in [4.69, 9.17) is 4.74 Å². The molecular weight excluding hydrogens is 324 g/mol. The minimum absolute atomic E-state index is 0.194. The Morgan fingerprint density at radius 3 is 2.88 bits per heavy atom. The minimum atomic E-state index is -0.260. The second-order valence-corrected chi connectivity index (χ2v) is 5.69. The third-order valence-corrected chi connectivity index (χ3v) is 4.10. The highest BCUT2D eigenvalue weighted by molar-refractivity contribution is 5.93. The predicted molar refractivity (Wildman–Crippen MR) is 87.9 cm³/mol. The molecule has 0 bridgehead atoms. The minimum Gasteiger partial charge on any atom is -0.383 e. The maximum Gasteiger partial charge on any atom is 0.274 e. The molecule has 25 heavy (non-hydrogen) atoms. The number of rotatable bonds is 5. The van der Waals surface area contributed by atoms with Gasteiger partial charge in [0.2, 0.25) is 0 Å². The fraction of sp³-hybridized carbons (Fsp3) is 0.438. The summed E-state index contributed by atoms with van der Waals surface area (Å²) in [5.41, 5.74) is 0.638. The molecule has 3 heterocycles. The van der Waals surface area contributed by atoms with E-state index in [0.717, 1.165) is 0 Å². The maximum absolute atomic E-state index is 12.6. The molecule has 2 aromatic heterocycles. The summed E-state index contributed by atoms with van der Waals surface area (Å²) >= 11 is 0. The lowest BCUT2D eigenvalue weighted by molar-refractivity contribution is 0.0631. The van der Waals surface area contributed by atoms with Crippen molar-refractivity contribution in [3.63, 3.8) is 0 Å². The molecule has 132 valence electrons. The van der Waals surface area contributed by atoms with E-state index in [1.807, 2.05) is 11.5 Å². The van der Waals surface area contributed by atoms with Gasteiger partial charge in [-0.25, -0.2) is 9.97 Å². The van der Waals surface area contributed by atoms with Crippen LogP contribution in [-0.2, 0) is 11.3 Å². The summed E-state index contributed by atoms with van der Waals surface area (Å²) in [7, 11) is 1.58. The van der Waals surface area contributed by atoms with E-state index in [2.05, 4.69) is 20.3 Å². The third-order valence-electron chi connectivity index (χ3n) is 4.10. The van der Waals surface area contributed by atoms with Crippen LogP contribution in [0.25, 0.3) is 0 Å². The molecule has 9 heteroatoms. The molecule has 0 saturated carbocycles. The number of methoxy groups -OCH3 is 1. The Labute approximate surface area is 145 Å². The molecule has 1 unspecified atom stereocenters. The number of ether oxygens (including phenoxy) is 1. The molecule has 0 aromatic carbocycles. The maximum atomic E-state index is 12.6. The van der Waals surface area contributed by atoms with Crippen LogP contribution in [0.4, 0.5) is 0 Å². The van der Waals surface area contributed by atoms with Gasteiger partial charge < -0.3 is 19.5 Å². The number of carbonyl (C=O) groups is 2. The van der Waals surface area contributed by atoms with Crippen LogP contribution in [0.5, 0.6) is 0 Å². The first-order valence-corrected chi connectivity index (χ1v) is 8.03. The lowest BCUT2D eigenvalue weighted by atomic mass is 10.2. The second kappa shape index (κ2) is 7.39. The Hall–Kier alpha value is -2.81. The van der Waals surface area contributed by atoms with Crippen molar-refractivity contribution >= 4 is 11.8 Å². The van der Waals surface area contributed by atoms with Crippen LogP contribution >= 0.6 is 0 Å². The van der Waals surface area contributed by atoms with Crippen LogP contribution in [0.15, 0.2) is 24.8 Å². The van der Waals surface area contributed by atoms with Crippen LogP contribution in [-0.4, -0.2) is 63.0 Å². The van der Waals surface area contributed by atoms with E-state index in [1.54, 1.807) is 18.2 Å². The number of carbonyl (C=O) groups excluding carboxylic acids is 2. The van der Waals surface area contributed by atoms with Gasteiger partial charge in [0.05, 0.1) is 18.8 Å². The van der Waals surface area contributed by atoms with Crippen molar-refractivity contribution in [3.05, 3.63) is 42.0 Å². The predicted octanol–water partition coefficient (Wildman–Crippen LogP) is 0.266. The molecule has 9 nitrogen and oxygen atoms in total. The number of hydrogen-bond acceptors (Lipinski definition) is 6. The van der Waals surface area contributed by atoms with Gasteiger partial charge in [-0.1, -0.05) is 0 Å². The second-order valence-electron chi connectivity index (χ2n) is 5.69. The van der Waals surface area contributed by atoms with Gasteiger partial charge in [-0.2, -0.15) is 0 Å². The molecule has 0 spiro atoms. The smallest absolute Gasteiger partial charge is 0.274 e. The molecule has 0 fully saturated rings. The zero-order valence-electron chi connectivity index (χ0n) is 14.2. The summed E-state index contributed by atoms with van der Waals surface area (Å²) in [6, 6.07) is -0.260. The average molecular weight is 344 g/mol. The zero-order valence-corrected chi connectivity index (χ0v) is 14.2. The normalized spacial score (nSPS) is 16.4. The summed E-state index contributed by atoms with van der Waals surface area (Å²) in [4.78, 5) is 38.9. The van der Waals surface area contributed by atoms with Crippen molar-refractivity contribution < 1.29 is 14.3 Å². The molecule has 3 rings (SSSR count). The summed E-state index contributed by atoms with van der Waals surface area (Å²) in [5.74, 6) is 0.235. The summed E-state index contributed by atoms with van der Waals surface area (Å²) in [6.45, 7) is 3.84. The number of hydrogen-bond donors (Lipinski definition) is 1. The topological polar surface area (TPSA) is 102 Å². The largest absolute Gasteiger partial charge is 0.383 e. The SMILES string of the molecule is COCCNC(=O)c1cn2c(n1)C(C)N(C(=O)c1cnccn1)CC2. The summed E-state index contributed by atoms with van der Waals surface area (Å²) in [5, 5.41) is 2.75. The van der Waals surface area contributed by atoms with E-state index in [1.165, 1.54) is 18.6 Å². The van der Waals surface area contributed by atoms with E-state index in [0.29, 0.717) is 43.5 Å². The van der Waals surface area contributed by atoms with Crippen molar-refractivity contribution in [2.75, 3.05) is 26.8 Å². The monoisotopic (exact) mass is 344 g/mol. The summed E-state index contributed by atoms with van der Waals surface area (Å²) in [6.07, 6.45) is 6.19. The molecule has 1 aliphatic heterocycles. The third kappa shape index (κ3) is 3.50. The molecule has 0 aliphatic carbocycles. The number of nitrogens with zero attached hydrogens (tertiary/aromatic N) is 5. The number of imidazole rings is 1. The van der Waals surface area contributed by atoms with Crippen LogP contribution in [0.1, 0.15) is 39.8 Å². The van der Waals surface area contributed by atoms with Gasteiger partial charge >= 0.3 is 0 Å². The van der Waals surface area contributed by atoms with Gasteiger partial charge in [0.1, 0.15) is 17.2 Å².